The molecule has 2 N–H and O–H groups in total. The molecule has 260 valence electrons. The predicted molar refractivity (Wildman–Crippen MR) is 186 cm³/mol. The fourth-order valence-electron chi connectivity index (χ4n) is 6.54. The standard InChI is InChI=1S/C36H59N3O6S/c1-8-12-20-36(21-13-9-2)35(40)34(32-28-30(37(5)6)16-19-33(32)46(41,42)38(36)7)29-14-17-31(18-15-29)45-27-26-44-25-24-43-23-22-39(10-3)11-4/h14-19,28,34-35,40H,8-13,20-27H2,1-7H3/p+1/t34-,35-/m1/s1. The van der Waals surface area contributed by atoms with Crippen molar-refractivity contribution in [2.75, 3.05) is 78.7 Å². The lowest BCUT2D eigenvalue weighted by Gasteiger charge is -2.45. The molecule has 9 nitrogen and oxygen atoms in total. The van der Waals surface area contributed by atoms with Crippen LogP contribution in [0.15, 0.2) is 47.4 Å². The quantitative estimate of drug-likeness (QED) is 0.204. The van der Waals surface area contributed by atoms with E-state index in [4.69, 9.17) is 14.2 Å². The molecular weight excluding hydrogens is 602 g/mol. The Morgan fingerprint density at radius 1 is 0.870 bits per heavy atom. The van der Waals surface area contributed by atoms with Crippen LogP contribution >= 0.6 is 0 Å². The van der Waals surface area contributed by atoms with E-state index in [-0.39, 0.29) is 4.90 Å². The summed E-state index contributed by atoms with van der Waals surface area (Å²) in [5.41, 5.74) is 1.44. The van der Waals surface area contributed by atoms with Crippen LogP contribution in [0, 0.1) is 0 Å². The number of benzene rings is 2. The molecule has 46 heavy (non-hydrogen) atoms. The summed E-state index contributed by atoms with van der Waals surface area (Å²) in [5.74, 6) is 0.160. The van der Waals surface area contributed by atoms with Crippen molar-refractivity contribution in [3.05, 3.63) is 53.6 Å². The van der Waals surface area contributed by atoms with Crippen LogP contribution in [0.5, 0.6) is 5.75 Å². The molecule has 0 aliphatic carbocycles. The van der Waals surface area contributed by atoms with Gasteiger partial charge in [-0.05, 0) is 68.1 Å². The van der Waals surface area contributed by atoms with E-state index in [0.29, 0.717) is 50.6 Å². The van der Waals surface area contributed by atoms with E-state index in [2.05, 4.69) is 27.7 Å². The second-order valence-electron chi connectivity index (χ2n) is 12.7. The van der Waals surface area contributed by atoms with Crippen LogP contribution in [-0.2, 0) is 19.5 Å². The van der Waals surface area contributed by atoms with E-state index in [9.17, 15) is 13.5 Å². The van der Waals surface area contributed by atoms with Gasteiger partial charge < -0.3 is 29.1 Å². The van der Waals surface area contributed by atoms with Crippen molar-refractivity contribution in [3.8, 4) is 5.75 Å². The molecule has 2 atom stereocenters. The second-order valence-corrected chi connectivity index (χ2v) is 14.6. The molecule has 0 aromatic heterocycles. The van der Waals surface area contributed by atoms with Gasteiger partial charge in [0.15, 0.2) is 0 Å². The maximum Gasteiger partial charge on any atom is 0.243 e. The number of hydrogen-bond acceptors (Lipinski definition) is 7. The summed E-state index contributed by atoms with van der Waals surface area (Å²) in [4.78, 5) is 3.75. The Morgan fingerprint density at radius 2 is 1.46 bits per heavy atom. The third kappa shape index (κ3) is 9.23. The molecule has 0 saturated carbocycles. The highest BCUT2D eigenvalue weighted by molar-refractivity contribution is 7.89. The minimum atomic E-state index is -3.88. The molecule has 0 bridgehead atoms. The maximum absolute atomic E-state index is 14.3. The lowest BCUT2D eigenvalue weighted by molar-refractivity contribution is -0.896. The number of ether oxygens (including phenoxy) is 3. The molecule has 1 aliphatic rings. The van der Waals surface area contributed by atoms with Gasteiger partial charge in [-0.15, -0.1) is 0 Å². The number of rotatable bonds is 20. The normalized spacial score (nSPS) is 19.2. The summed E-state index contributed by atoms with van der Waals surface area (Å²) >= 11 is 0. The Balaban J connectivity index is 1.81. The SMILES string of the molecule is CCCCC1(CCCC)[C@H](O)[C@H](c2ccc(OCCOCCOCC[NH+](CC)CC)cc2)c2cc(N(C)C)ccc2S(=O)(=O)N1C. The Hall–Kier alpha value is -2.21. The number of aliphatic hydroxyl groups excluding tert-OH is 1. The smallest absolute Gasteiger partial charge is 0.243 e. The largest absolute Gasteiger partial charge is 0.491 e. The number of unbranched alkanes of at least 4 members (excludes halogenated alkanes) is 2. The van der Waals surface area contributed by atoms with Crippen LogP contribution in [0.2, 0.25) is 0 Å². The van der Waals surface area contributed by atoms with Gasteiger partial charge in [-0.25, -0.2) is 8.42 Å². The molecule has 2 aromatic rings. The van der Waals surface area contributed by atoms with Crippen LogP contribution < -0.4 is 14.5 Å². The lowest BCUT2D eigenvalue weighted by atomic mass is 9.72. The number of hydrogen-bond donors (Lipinski definition) is 2. The molecule has 10 heteroatoms. The summed E-state index contributed by atoms with van der Waals surface area (Å²) in [6.07, 6.45) is 3.72. The fourth-order valence-corrected chi connectivity index (χ4v) is 8.33. The highest BCUT2D eigenvalue weighted by Gasteiger charge is 2.53. The van der Waals surface area contributed by atoms with E-state index in [1.54, 1.807) is 13.1 Å². The van der Waals surface area contributed by atoms with Crippen molar-refractivity contribution in [2.45, 2.75) is 88.7 Å². The first-order valence-corrected chi connectivity index (χ1v) is 18.7. The molecule has 0 spiro atoms. The average Bonchev–Trinajstić information content (AvgIpc) is 3.10. The number of anilines is 1. The summed E-state index contributed by atoms with van der Waals surface area (Å²) in [6, 6.07) is 13.2. The number of fused-ring (bicyclic) bond motifs is 1. The van der Waals surface area contributed by atoms with E-state index in [0.717, 1.165) is 63.2 Å². The molecule has 2 aromatic carbocycles. The van der Waals surface area contributed by atoms with Crippen molar-refractivity contribution < 1.29 is 32.6 Å². The van der Waals surface area contributed by atoms with Crippen LogP contribution in [0.4, 0.5) is 5.69 Å². The summed E-state index contributed by atoms with van der Waals surface area (Å²) in [5, 5.41) is 12.5. The summed E-state index contributed by atoms with van der Waals surface area (Å²) < 4.78 is 47.4. The number of quaternary nitrogens is 1. The molecule has 0 amide bonds. The Bertz CT molecular complexity index is 1280. The number of sulfonamides is 1. The fraction of sp³-hybridized carbons (Fsp3) is 0.667. The predicted octanol–water partition coefficient (Wildman–Crippen LogP) is 4.34. The lowest BCUT2D eigenvalue weighted by Crippen LogP contribution is -3.11. The topological polar surface area (TPSA) is 93.0 Å². The van der Waals surface area contributed by atoms with Crippen molar-refractivity contribution in [1.82, 2.24) is 4.31 Å². The molecule has 0 unspecified atom stereocenters. The van der Waals surface area contributed by atoms with Crippen molar-refractivity contribution in [1.29, 1.82) is 0 Å². The maximum atomic E-state index is 14.3. The third-order valence-corrected chi connectivity index (χ3v) is 11.6. The Kier molecular flexibility index (Phi) is 15.3. The van der Waals surface area contributed by atoms with E-state index >= 15 is 0 Å². The van der Waals surface area contributed by atoms with Crippen LogP contribution in [0.25, 0.3) is 0 Å². The van der Waals surface area contributed by atoms with Gasteiger partial charge in [0, 0.05) is 32.7 Å². The third-order valence-electron chi connectivity index (χ3n) is 9.61. The van der Waals surface area contributed by atoms with Gasteiger partial charge in [-0.2, -0.15) is 4.31 Å². The van der Waals surface area contributed by atoms with E-state index < -0.39 is 27.6 Å². The van der Waals surface area contributed by atoms with Crippen molar-refractivity contribution in [3.63, 3.8) is 0 Å². The van der Waals surface area contributed by atoms with E-state index in [1.165, 1.54) is 9.21 Å². The second kappa shape index (κ2) is 18.4. The molecule has 0 fully saturated rings. The highest BCUT2D eigenvalue weighted by Crippen LogP contribution is 2.48. The van der Waals surface area contributed by atoms with Gasteiger partial charge in [-0.3, -0.25) is 0 Å². The molecule has 0 saturated heterocycles. The zero-order chi connectivity index (χ0) is 33.7. The monoisotopic (exact) mass is 662 g/mol. The highest BCUT2D eigenvalue weighted by atomic mass is 32.2. The van der Waals surface area contributed by atoms with Gasteiger partial charge in [0.05, 0.1) is 56.1 Å². The molecule has 1 heterocycles. The van der Waals surface area contributed by atoms with Crippen LogP contribution in [0.3, 0.4) is 0 Å². The van der Waals surface area contributed by atoms with E-state index in [1.807, 2.05) is 55.4 Å². The molecule has 3 rings (SSSR count). The van der Waals surface area contributed by atoms with Gasteiger partial charge in [-0.1, -0.05) is 51.7 Å². The number of nitrogens with zero attached hydrogens (tertiary/aromatic N) is 2. The minimum absolute atomic E-state index is 0.260. The first-order chi connectivity index (χ1) is 22.1. The zero-order valence-corrected chi connectivity index (χ0v) is 30.2. The van der Waals surface area contributed by atoms with Crippen LogP contribution in [-0.4, -0.2) is 103 Å². The van der Waals surface area contributed by atoms with Gasteiger partial charge >= 0.3 is 0 Å². The Morgan fingerprint density at radius 3 is 2.02 bits per heavy atom. The zero-order valence-electron chi connectivity index (χ0n) is 29.4. The first-order valence-electron chi connectivity index (χ1n) is 17.3. The van der Waals surface area contributed by atoms with Gasteiger partial charge in [0.1, 0.15) is 18.9 Å². The van der Waals surface area contributed by atoms with Crippen molar-refractivity contribution in [2.24, 2.45) is 0 Å². The average molecular weight is 663 g/mol. The minimum Gasteiger partial charge on any atom is -0.491 e. The number of likely N-dealkylation sites (N-methyl/N-ethyl adjacent to an activating group) is 2. The van der Waals surface area contributed by atoms with Gasteiger partial charge in [0.2, 0.25) is 10.0 Å². The van der Waals surface area contributed by atoms with Crippen molar-refractivity contribution >= 4 is 15.7 Å². The summed E-state index contributed by atoms with van der Waals surface area (Å²) in [6.45, 7) is 14.5. The number of nitrogens with one attached hydrogen (secondary N) is 1. The Labute approximate surface area is 278 Å². The molecular formula is C36H60N3O6S+. The molecule has 0 radical (unpaired) electrons. The van der Waals surface area contributed by atoms with Crippen LogP contribution in [0.1, 0.15) is 83.3 Å². The number of aliphatic hydroxyl groups is 1. The first kappa shape index (κ1) is 38.2. The molecule has 1 aliphatic heterocycles. The van der Waals surface area contributed by atoms with Gasteiger partial charge in [0.25, 0.3) is 0 Å². The summed E-state index contributed by atoms with van der Waals surface area (Å²) in [7, 11) is 1.66.